The molecule has 0 unspecified atom stereocenters. The van der Waals surface area contributed by atoms with E-state index in [4.69, 9.17) is 10.6 Å². The van der Waals surface area contributed by atoms with E-state index in [1.165, 1.54) is 0 Å². The summed E-state index contributed by atoms with van der Waals surface area (Å²) >= 11 is 0. The minimum Gasteiger partial charge on any atom is -0.481 e. The molecule has 0 amide bonds. The van der Waals surface area contributed by atoms with Crippen molar-refractivity contribution in [3.05, 3.63) is 10.4 Å². The van der Waals surface area contributed by atoms with E-state index in [0.29, 0.717) is 0 Å². The Morgan fingerprint density at radius 1 is 0.605 bits per heavy atom. The van der Waals surface area contributed by atoms with E-state index in [1.807, 2.05) is 0 Å². The molecule has 0 aromatic carbocycles. The molecule has 7 nitrogen and oxygen atoms in total. The highest BCUT2D eigenvalue weighted by molar-refractivity contribution is 5.75. The van der Waals surface area contributed by atoms with Gasteiger partial charge < -0.3 is 14.6 Å². The van der Waals surface area contributed by atoms with Gasteiger partial charge in [0.15, 0.2) is 0 Å². The number of alkyl halides is 18. The average Bonchev–Trinajstić information content (AvgIpc) is 2.58. The Morgan fingerprint density at radius 3 is 1.00 bits per heavy atom. The monoisotopic (exact) mass is 611 g/mol. The van der Waals surface area contributed by atoms with Gasteiger partial charge in [0.25, 0.3) is 0 Å². The van der Waals surface area contributed by atoms with Crippen LogP contribution in [0.1, 0.15) is 0 Å². The maximum absolute atomic E-state index is 13.0. The number of azide groups is 1. The van der Waals surface area contributed by atoms with Crippen molar-refractivity contribution in [2.24, 2.45) is 10.5 Å². The van der Waals surface area contributed by atoms with E-state index in [9.17, 15) is 83.8 Å². The molecule has 0 radical (unpaired) electrons. The quantitative estimate of drug-likeness (QED) is 0.144. The van der Waals surface area contributed by atoms with Gasteiger partial charge in [-0.05, 0) is 5.53 Å². The molecule has 0 aliphatic carbocycles. The fraction of sp³-hybridized carbons (Fsp3) is 0.923. The summed E-state index contributed by atoms with van der Waals surface area (Å²) in [5.74, 6) is -3.30. The van der Waals surface area contributed by atoms with Crippen LogP contribution in [0.4, 0.5) is 79.0 Å². The lowest BCUT2D eigenvalue weighted by atomic mass is 9.88. The topological polar surface area (TPSA) is 105 Å². The molecule has 1 N–H and O–H groups in total. The summed E-state index contributed by atoms with van der Waals surface area (Å²) < 4.78 is 239. The van der Waals surface area contributed by atoms with Crippen LogP contribution in [-0.4, -0.2) is 79.1 Å². The lowest BCUT2D eigenvalue weighted by molar-refractivity contribution is -0.466. The zero-order valence-electron chi connectivity index (χ0n) is 16.9. The van der Waals surface area contributed by atoms with Gasteiger partial charge in [-0.1, -0.05) is 5.11 Å². The second-order valence-electron chi connectivity index (χ2n) is 6.90. The van der Waals surface area contributed by atoms with Crippen LogP contribution in [0.2, 0.25) is 0 Å². The van der Waals surface area contributed by atoms with Crippen molar-refractivity contribution in [2.75, 3.05) is 19.8 Å². The standard InChI is InChI=1S/C13H7F18N3O4/c14-8(15,16)6(9(17,18)19,10(20,21)22)37-2-5(4(35)36,1-33-34-32)3-38-7(11(23,24)25,12(26,27)28)13(29,30)31/h1-3H2,(H,35,36). The molecular weight excluding hydrogens is 604 g/mol. The molecule has 25 heteroatoms. The Labute approximate surface area is 194 Å². The van der Waals surface area contributed by atoms with E-state index in [0.717, 1.165) is 0 Å². The van der Waals surface area contributed by atoms with Gasteiger partial charge in [-0.25, -0.2) is 0 Å². The van der Waals surface area contributed by atoms with E-state index in [1.54, 1.807) is 4.91 Å². The lowest BCUT2D eigenvalue weighted by Crippen LogP contribution is -2.70. The summed E-state index contributed by atoms with van der Waals surface area (Å²) in [6.45, 7) is -9.31. The Morgan fingerprint density at radius 2 is 0.842 bits per heavy atom. The third kappa shape index (κ3) is 6.02. The zero-order valence-corrected chi connectivity index (χ0v) is 16.9. The third-order valence-electron chi connectivity index (χ3n) is 4.42. The first-order valence-electron chi connectivity index (χ1n) is 8.34. The minimum absolute atomic E-state index is 1.60. The molecule has 224 valence electrons. The Bertz CT molecular complexity index is 764. The number of hydrogen-bond acceptors (Lipinski definition) is 4. The molecule has 0 aliphatic rings. The van der Waals surface area contributed by atoms with Gasteiger partial charge >= 0.3 is 54.2 Å². The fourth-order valence-electron chi connectivity index (χ4n) is 2.44. The molecule has 0 rings (SSSR count). The van der Waals surface area contributed by atoms with Gasteiger partial charge in [0.05, 0.1) is 13.2 Å². The van der Waals surface area contributed by atoms with Crippen molar-refractivity contribution in [3.63, 3.8) is 0 Å². The van der Waals surface area contributed by atoms with E-state index in [-0.39, 0.29) is 0 Å². The summed E-state index contributed by atoms with van der Waals surface area (Å²) in [5, 5.41) is 11.1. The van der Waals surface area contributed by atoms with Crippen LogP contribution in [0.3, 0.4) is 0 Å². The number of nitrogens with zero attached hydrogens (tertiary/aromatic N) is 3. The molecule has 0 bridgehead atoms. The van der Waals surface area contributed by atoms with Crippen LogP contribution in [0.15, 0.2) is 5.11 Å². The van der Waals surface area contributed by atoms with Crippen LogP contribution in [-0.2, 0) is 14.3 Å². The van der Waals surface area contributed by atoms with Crippen molar-refractivity contribution in [1.82, 2.24) is 0 Å². The highest BCUT2D eigenvalue weighted by Crippen LogP contribution is 2.57. The van der Waals surface area contributed by atoms with Crippen LogP contribution >= 0.6 is 0 Å². The second-order valence-corrected chi connectivity index (χ2v) is 6.90. The van der Waals surface area contributed by atoms with Gasteiger partial charge in [-0.2, -0.15) is 79.0 Å². The van der Waals surface area contributed by atoms with Crippen molar-refractivity contribution >= 4 is 5.97 Å². The number of carboxylic acid groups (broad SMARTS) is 1. The molecule has 0 atom stereocenters. The third-order valence-corrected chi connectivity index (χ3v) is 4.42. The SMILES string of the molecule is [N-]=[N+]=NCC(COC(C(F)(F)F)(C(F)(F)F)C(F)(F)F)(COC(C(F)(F)F)(C(F)(F)F)C(F)(F)F)C(=O)O. The second kappa shape index (κ2) is 10.2. The van der Waals surface area contributed by atoms with Gasteiger partial charge in [0, 0.05) is 11.5 Å². The molecule has 38 heavy (non-hydrogen) atoms. The van der Waals surface area contributed by atoms with Gasteiger partial charge in [0.1, 0.15) is 5.41 Å². The zero-order chi connectivity index (χ0) is 31.0. The van der Waals surface area contributed by atoms with E-state index in [2.05, 4.69) is 14.6 Å². The normalized spacial score (nSPS) is 15.3. The number of carboxylic acids is 1. The molecular formula is C13H7F18N3O4. The van der Waals surface area contributed by atoms with Crippen molar-refractivity contribution in [1.29, 1.82) is 0 Å². The Balaban J connectivity index is 7.17. The number of aliphatic carboxylic acids is 1. The van der Waals surface area contributed by atoms with Crippen LogP contribution in [0, 0.1) is 5.41 Å². The van der Waals surface area contributed by atoms with Crippen molar-refractivity contribution < 1.29 is 98.4 Å². The van der Waals surface area contributed by atoms with Crippen LogP contribution in [0.5, 0.6) is 0 Å². The largest absolute Gasteiger partial charge is 0.481 e. The van der Waals surface area contributed by atoms with E-state index < -0.39 is 79.4 Å². The summed E-state index contributed by atoms with van der Waals surface area (Å²) in [7, 11) is 0. The van der Waals surface area contributed by atoms with Crippen molar-refractivity contribution in [3.8, 4) is 0 Å². The number of halogens is 18. The molecule has 0 aliphatic heterocycles. The summed E-state index contributed by atoms with van der Waals surface area (Å²) in [5.41, 5.74) is -11.2. The summed E-state index contributed by atoms with van der Waals surface area (Å²) in [4.78, 5) is 13.0. The predicted molar refractivity (Wildman–Crippen MR) is 77.8 cm³/mol. The fourth-order valence-corrected chi connectivity index (χ4v) is 2.44. The number of hydrogen-bond donors (Lipinski definition) is 1. The summed E-state index contributed by atoms with van der Waals surface area (Å²) in [6.07, 6.45) is -45.7. The first kappa shape index (κ1) is 35.4. The molecule has 0 spiro atoms. The average molecular weight is 611 g/mol. The van der Waals surface area contributed by atoms with Crippen molar-refractivity contribution in [2.45, 2.75) is 48.3 Å². The Kier molecular flexibility index (Phi) is 9.51. The maximum atomic E-state index is 13.0. The minimum atomic E-state index is -7.62. The molecule has 0 aromatic heterocycles. The molecule has 0 saturated heterocycles. The molecule has 0 aromatic rings. The highest BCUT2D eigenvalue weighted by Gasteiger charge is 2.87. The van der Waals surface area contributed by atoms with Crippen LogP contribution < -0.4 is 0 Å². The lowest BCUT2D eigenvalue weighted by Gasteiger charge is -2.42. The van der Waals surface area contributed by atoms with Gasteiger partial charge in [0.2, 0.25) is 0 Å². The first-order chi connectivity index (χ1) is 16.4. The number of rotatable bonds is 9. The predicted octanol–water partition coefficient (Wildman–Crippen LogP) is 6.25. The maximum Gasteiger partial charge on any atom is 0.435 e. The van der Waals surface area contributed by atoms with Gasteiger partial charge in [-0.15, -0.1) is 0 Å². The van der Waals surface area contributed by atoms with Crippen LogP contribution in [0.25, 0.3) is 10.4 Å². The Hall–Kier alpha value is -2.56. The summed E-state index contributed by atoms with van der Waals surface area (Å²) in [6, 6.07) is 0. The molecule has 0 heterocycles. The number of ether oxygens (including phenoxy) is 2. The first-order valence-corrected chi connectivity index (χ1v) is 8.34. The van der Waals surface area contributed by atoms with Gasteiger partial charge in [-0.3, -0.25) is 4.79 Å². The smallest absolute Gasteiger partial charge is 0.435 e. The number of carbonyl (C=O) groups is 1. The molecule has 0 fully saturated rings. The highest BCUT2D eigenvalue weighted by atomic mass is 19.4. The molecule has 0 saturated carbocycles. The van der Waals surface area contributed by atoms with E-state index >= 15 is 0 Å².